The van der Waals surface area contributed by atoms with E-state index in [0.717, 1.165) is 0 Å². The van der Waals surface area contributed by atoms with Crippen LogP contribution in [0.1, 0.15) is 20.8 Å². The molecule has 0 unspecified atom stereocenters. The van der Waals surface area contributed by atoms with E-state index in [2.05, 4.69) is 4.74 Å². The van der Waals surface area contributed by atoms with E-state index in [4.69, 9.17) is 9.94 Å². The minimum absolute atomic E-state index is 0.103. The largest absolute Gasteiger partial charge is 0.442 e. The van der Waals surface area contributed by atoms with Crippen LogP contribution >= 0.6 is 0 Å². The first-order valence-electron chi connectivity index (χ1n) is 4.05. The fourth-order valence-corrected chi connectivity index (χ4v) is 0.584. The van der Waals surface area contributed by atoms with E-state index >= 15 is 0 Å². The molecular formula is C8H17NO4. The molecule has 0 bridgehead atoms. The van der Waals surface area contributed by atoms with Gasteiger partial charge in [-0.1, -0.05) is 0 Å². The van der Waals surface area contributed by atoms with E-state index in [1.165, 1.54) is 7.11 Å². The van der Waals surface area contributed by atoms with E-state index in [1.807, 2.05) is 0 Å². The van der Waals surface area contributed by atoms with Crippen molar-refractivity contribution in [2.75, 3.05) is 20.3 Å². The van der Waals surface area contributed by atoms with Crippen LogP contribution in [0.4, 0.5) is 4.79 Å². The van der Waals surface area contributed by atoms with Gasteiger partial charge in [-0.25, -0.2) is 4.79 Å². The van der Waals surface area contributed by atoms with Crippen molar-refractivity contribution in [2.24, 2.45) is 0 Å². The lowest BCUT2D eigenvalue weighted by Crippen LogP contribution is -2.36. The third-order valence-electron chi connectivity index (χ3n) is 1.11. The van der Waals surface area contributed by atoms with Crippen LogP contribution in [-0.2, 0) is 9.47 Å². The smallest absolute Gasteiger partial charge is 0.434 e. The summed E-state index contributed by atoms with van der Waals surface area (Å²) in [5.41, 5.74) is -0.592. The Morgan fingerprint density at radius 3 is 2.38 bits per heavy atom. The minimum Gasteiger partial charge on any atom is -0.442 e. The summed E-state index contributed by atoms with van der Waals surface area (Å²) < 4.78 is 9.56. The molecule has 5 heteroatoms. The van der Waals surface area contributed by atoms with Crippen LogP contribution in [0.15, 0.2) is 0 Å². The number of hydrogen-bond acceptors (Lipinski definition) is 4. The SMILES string of the molecule is COCCN(O)C(=O)OC(C)(C)C. The molecule has 5 nitrogen and oxygen atoms in total. The van der Waals surface area contributed by atoms with E-state index in [1.54, 1.807) is 20.8 Å². The fourth-order valence-electron chi connectivity index (χ4n) is 0.584. The summed E-state index contributed by atoms with van der Waals surface area (Å²) in [6.45, 7) is 5.57. The predicted octanol–water partition coefficient (Wildman–Crippen LogP) is 1.26. The molecule has 0 aromatic rings. The molecule has 0 aromatic heterocycles. The zero-order valence-electron chi connectivity index (χ0n) is 8.53. The lowest BCUT2D eigenvalue weighted by Gasteiger charge is -2.22. The topological polar surface area (TPSA) is 59.0 Å². The van der Waals surface area contributed by atoms with E-state index in [9.17, 15) is 4.79 Å². The second-order valence-corrected chi connectivity index (χ2v) is 3.60. The molecule has 13 heavy (non-hydrogen) atoms. The molecule has 0 spiro atoms. The second kappa shape index (κ2) is 5.04. The number of nitrogens with zero attached hydrogens (tertiary/aromatic N) is 1. The Morgan fingerprint density at radius 1 is 1.46 bits per heavy atom. The molecule has 78 valence electrons. The van der Waals surface area contributed by atoms with Gasteiger partial charge in [-0.3, -0.25) is 5.21 Å². The van der Waals surface area contributed by atoms with E-state index < -0.39 is 11.7 Å². The number of amides is 1. The Kier molecular flexibility index (Phi) is 4.72. The molecular weight excluding hydrogens is 174 g/mol. The van der Waals surface area contributed by atoms with Gasteiger partial charge in [0.25, 0.3) is 0 Å². The van der Waals surface area contributed by atoms with Crippen LogP contribution in [0.3, 0.4) is 0 Å². The summed E-state index contributed by atoms with van der Waals surface area (Å²) in [5, 5.41) is 9.59. The van der Waals surface area contributed by atoms with Crippen molar-refractivity contribution in [3.63, 3.8) is 0 Å². The average molecular weight is 191 g/mol. The first kappa shape index (κ1) is 12.2. The number of carbonyl (C=O) groups is 1. The van der Waals surface area contributed by atoms with Gasteiger partial charge in [0.1, 0.15) is 5.60 Å². The van der Waals surface area contributed by atoms with Crippen molar-refractivity contribution in [1.29, 1.82) is 0 Å². The van der Waals surface area contributed by atoms with Gasteiger partial charge in [0.2, 0.25) is 0 Å². The van der Waals surface area contributed by atoms with Gasteiger partial charge >= 0.3 is 6.09 Å². The van der Waals surface area contributed by atoms with Crippen molar-refractivity contribution in [3.05, 3.63) is 0 Å². The molecule has 0 atom stereocenters. The molecule has 0 saturated heterocycles. The zero-order valence-corrected chi connectivity index (χ0v) is 8.53. The summed E-state index contributed by atoms with van der Waals surface area (Å²) in [6, 6.07) is 0. The number of carbonyl (C=O) groups excluding carboxylic acids is 1. The summed E-state index contributed by atoms with van der Waals surface area (Å²) >= 11 is 0. The quantitative estimate of drug-likeness (QED) is 0.539. The lowest BCUT2D eigenvalue weighted by molar-refractivity contribution is -0.101. The Balaban J connectivity index is 3.83. The number of rotatable bonds is 3. The summed E-state index contributed by atoms with van der Waals surface area (Å²) in [5.74, 6) is 0. The van der Waals surface area contributed by atoms with Crippen molar-refractivity contribution >= 4 is 6.09 Å². The minimum atomic E-state index is -0.760. The fraction of sp³-hybridized carbons (Fsp3) is 0.875. The van der Waals surface area contributed by atoms with E-state index in [0.29, 0.717) is 5.06 Å². The molecule has 0 radical (unpaired) electrons. The third kappa shape index (κ3) is 6.36. The molecule has 1 amide bonds. The molecule has 0 rings (SSSR count). The predicted molar refractivity (Wildman–Crippen MR) is 46.6 cm³/mol. The molecule has 0 heterocycles. The van der Waals surface area contributed by atoms with Crippen molar-refractivity contribution in [2.45, 2.75) is 26.4 Å². The summed E-state index contributed by atoms with van der Waals surface area (Å²) in [4.78, 5) is 11.1. The number of hydrogen-bond donors (Lipinski definition) is 1. The number of methoxy groups -OCH3 is 1. The molecule has 0 aliphatic carbocycles. The van der Waals surface area contributed by atoms with Crippen molar-refractivity contribution < 1.29 is 19.5 Å². The van der Waals surface area contributed by atoms with Gasteiger partial charge < -0.3 is 9.47 Å². The normalized spacial score (nSPS) is 11.2. The third-order valence-corrected chi connectivity index (χ3v) is 1.11. The highest BCUT2D eigenvalue weighted by Gasteiger charge is 2.20. The molecule has 1 N–H and O–H groups in total. The van der Waals surface area contributed by atoms with Gasteiger partial charge in [0, 0.05) is 7.11 Å². The van der Waals surface area contributed by atoms with E-state index in [-0.39, 0.29) is 13.2 Å². The van der Waals surface area contributed by atoms with Gasteiger partial charge in [-0.05, 0) is 20.8 Å². The maximum Gasteiger partial charge on any atom is 0.434 e. The average Bonchev–Trinajstić information content (AvgIpc) is 1.96. The maximum atomic E-state index is 11.1. The van der Waals surface area contributed by atoms with Crippen LogP contribution in [-0.4, -0.2) is 42.2 Å². The number of ether oxygens (including phenoxy) is 2. The standard InChI is InChI=1S/C8H17NO4/c1-8(2,3)13-7(10)9(11)5-6-12-4/h11H,5-6H2,1-4H3. The Hall–Kier alpha value is -0.810. The van der Waals surface area contributed by atoms with Gasteiger partial charge in [0.05, 0.1) is 13.2 Å². The lowest BCUT2D eigenvalue weighted by atomic mass is 10.2. The highest BCUT2D eigenvalue weighted by Crippen LogP contribution is 2.08. The molecule has 0 aliphatic heterocycles. The van der Waals surface area contributed by atoms with Crippen LogP contribution in [0.5, 0.6) is 0 Å². The molecule has 0 aromatic carbocycles. The molecule has 0 fully saturated rings. The van der Waals surface area contributed by atoms with Crippen LogP contribution in [0.2, 0.25) is 0 Å². The molecule has 0 saturated carbocycles. The summed E-state index contributed by atoms with van der Waals surface area (Å²) in [7, 11) is 1.49. The summed E-state index contributed by atoms with van der Waals surface area (Å²) in [6.07, 6.45) is -0.760. The zero-order chi connectivity index (χ0) is 10.5. The Morgan fingerprint density at radius 2 is 2.00 bits per heavy atom. The van der Waals surface area contributed by atoms with Gasteiger partial charge in [-0.2, -0.15) is 5.06 Å². The highest BCUT2D eigenvalue weighted by atomic mass is 16.6. The monoisotopic (exact) mass is 191 g/mol. The molecule has 0 aliphatic rings. The van der Waals surface area contributed by atoms with Crippen LogP contribution in [0.25, 0.3) is 0 Å². The Labute approximate surface area is 78.2 Å². The first-order chi connectivity index (χ1) is 5.87. The van der Waals surface area contributed by atoms with Gasteiger partial charge in [0.15, 0.2) is 0 Å². The Bertz CT molecular complexity index is 164. The maximum absolute atomic E-state index is 11.1. The van der Waals surface area contributed by atoms with Crippen LogP contribution < -0.4 is 0 Å². The van der Waals surface area contributed by atoms with Crippen molar-refractivity contribution in [3.8, 4) is 0 Å². The van der Waals surface area contributed by atoms with Gasteiger partial charge in [-0.15, -0.1) is 0 Å². The second-order valence-electron chi connectivity index (χ2n) is 3.60. The number of hydroxylamine groups is 2. The first-order valence-corrected chi connectivity index (χ1v) is 4.05. The highest BCUT2D eigenvalue weighted by molar-refractivity contribution is 5.66. The van der Waals surface area contributed by atoms with Crippen molar-refractivity contribution in [1.82, 2.24) is 5.06 Å². The van der Waals surface area contributed by atoms with Crippen LogP contribution in [0, 0.1) is 0 Å².